The fourth-order valence-electron chi connectivity index (χ4n) is 2.18. The highest BCUT2D eigenvalue weighted by Crippen LogP contribution is 2.38. The van der Waals surface area contributed by atoms with Crippen molar-refractivity contribution in [2.24, 2.45) is 0 Å². The molecule has 0 heterocycles. The number of hydrogen-bond acceptors (Lipinski definition) is 5. The number of carbonyl (C=O) groups is 1. The number of likely N-dealkylation sites (N-methyl/N-ethyl adjacent to an activating group) is 1. The Hall–Kier alpha value is -1.37. The van der Waals surface area contributed by atoms with Gasteiger partial charge in [-0.15, -0.1) is 11.6 Å². The number of halogens is 2. The van der Waals surface area contributed by atoms with E-state index in [1.807, 2.05) is 0 Å². The second kappa shape index (κ2) is 12.1. The van der Waals surface area contributed by atoms with Crippen molar-refractivity contribution >= 4 is 17.6 Å². The van der Waals surface area contributed by atoms with Crippen LogP contribution < -0.4 is 31.5 Å². The molecule has 138 valence electrons. The number of rotatable bonds is 10. The molecular formula is C16H25Cl2NO5. The molecular weight excluding hydrogens is 357 g/mol. The largest absolute Gasteiger partial charge is 1.00 e. The lowest BCUT2D eigenvalue weighted by atomic mass is 10.2. The van der Waals surface area contributed by atoms with E-state index < -0.39 is 5.97 Å². The Morgan fingerprint density at radius 1 is 1.08 bits per heavy atom. The van der Waals surface area contributed by atoms with E-state index >= 15 is 0 Å². The van der Waals surface area contributed by atoms with Crippen LogP contribution in [0.1, 0.15) is 17.3 Å². The van der Waals surface area contributed by atoms with Crippen LogP contribution in [0.3, 0.4) is 0 Å². The van der Waals surface area contributed by atoms with Crippen LogP contribution in [0.25, 0.3) is 0 Å². The quantitative estimate of drug-likeness (QED) is 0.376. The van der Waals surface area contributed by atoms with Gasteiger partial charge >= 0.3 is 5.97 Å². The van der Waals surface area contributed by atoms with Crippen molar-refractivity contribution in [3.63, 3.8) is 0 Å². The van der Waals surface area contributed by atoms with Crippen LogP contribution in [0.5, 0.6) is 17.2 Å². The molecule has 0 bridgehead atoms. The average Bonchev–Trinajstić information content (AvgIpc) is 2.59. The molecule has 1 rings (SSSR count). The Kier molecular flexibility index (Phi) is 11.4. The van der Waals surface area contributed by atoms with Crippen LogP contribution in [-0.4, -0.2) is 59.4 Å². The summed E-state index contributed by atoms with van der Waals surface area (Å²) in [6, 6.07) is 3.15. The van der Waals surface area contributed by atoms with Gasteiger partial charge in [0.05, 0.1) is 45.9 Å². The van der Waals surface area contributed by atoms with Crippen molar-refractivity contribution in [1.82, 2.24) is 0 Å². The predicted molar refractivity (Wildman–Crippen MR) is 88.3 cm³/mol. The monoisotopic (exact) mass is 381 g/mol. The molecule has 0 radical (unpaired) electrons. The van der Waals surface area contributed by atoms with Crippen LogP contribution in [0.4, 0.5) is 0 Å². The van der Waals surface area contributed by atoms with Crippen LogP contribution in [-0.2, 0) is 4.74 Å². The maximum Gasteiger partial charge on any atom is 0.338 e. The minimum Gasteiger partial charge on any atom is -1.00 e. The van der Waals surface area contributed by atoms with Crippen molar-refractivity contribution in [1.29, 1.82) is 0 Å². The van der Waals surface area contributed by atoms with Gasteiger partial charge in [0.2, 0.25) is 5.75 Å². The molecule has 0 aliphatic heterocycles. The standard InChI is InChI=1S/C16H24ClNO5.ClH/c1-5-18(7-6-17)8-9-23-16(19)12-10-13(20-2)15(22-4)14(11-12)21-3;/h10-11H,5-9H2,1-4H3;1H. The number of hydrogen-bond donors (Lipinski definition) is 1. The summed E-state index contributed by atoms with van der Waals surface area (Å²) in [7, 11) is 4.51. The Labute approximate surface area is 154 Å². The fraction of sp³-hybridized carbons (Fsp3) is 0.562. The highest BCUT2D eigenvalue weighted by atomic mass is 35.5. The lowest BCUT2D eigenvalue weighted by Crippen LogP contribution is -3.12. The van der Waals surface area contributed by atoms with Gasteiger partial charge in [-0.3, -0.25) is 0 Å². The molecule has 1 N–H and O–H groups in total. The molecule has 0 aliphatic rings. The van der Waals surface area contributed by atoms with Gasteiger partial charge in [0.15, 0.2) is 11.5 Å². The summed E-state index contributed by atoms with van der Waals surface area (Å²) < 4.78 is 21.0. The summed E-state index contributed by atoms with van der Waals surface area (Å²) in [5.41, 5.74) is 0.356. The zero-order valence-corrected chi connectivity index (χ0v) is 16.0. The predicted octanol–water partition coefficient (Wildman–Crippen LogP) is -1.98. The van der Waals surface area contributed by atoms with Crippen LogP contribution in [0.15, 0.2) is 12.1 Å². The normalized spacial score (nSPS) is 11.2. The third-order valence-electron chi connectivity index (χ3n) is 3.54. The van der Waals surface area contributed by atoms with Crippen molar-refractivity contribution in [3.8, 4) is 17.2 Å². The summed E-state index contributed by atoms with van der Waals surface area (Å²) in [6.07, 6.45) is 0. The van der Waals surface area contributed by atoms with E-state index in [0.29, 0.717) is 35.3 Å². The van der Waals surface area contributed by atoms with Gasteiger partial charge in [-0.05, 0) is 19.1 Å². The van der Waals surface area contributed by atoms with Gasteiger partial charge < -0.3 is 36.3 Å². The molecule has 8 heteroatoms. The molecule has 0 fully saturated rings. The van der Waals surface area contributed by atoms with Crippen LogP contribution in [0, 0.1) is 0 Å². The van der Waals surface area contributed by atoms with Gasteiger partial charge in [0, 0.05) is 0 Å². The highest BCUT2D eigenvalue weighted by molar-refractivity contribution is 6.17. The lowest BCUT2D eigenvalue weighted by Gasteiger charge is -2.16. The summed E-state index contributed by atoms with van der Waals surface area (Å²) in [5, 5.41) is 0. The zero-order valence-electron chi connectivity index (χ0n) is 14.5. The maximum atomic E-state index is 12.2. The first kappa shape index (κ1) is 22.6. The minimum atomic E-state index is -0.425. The fourth-order valence-corrected chi connectivity index (χ4v) is 2.45. The molecule has 0 spiro atoms. The number of ether oxygens (including phenoxy) is 4. The van der Waals surface area contributed by atoms with Crippen molar-refractivity contribution < 1.29 is 41.0 Å². The molecule has 0 amide bonds. The first-order chi connectivity index (χ1) is 11.1. The van der Waals surface area contributed by atoms with Crippen LogP contribution >= 0.6 is 11.6 Å². The van der Waals surface area contributed by atoms with Gasteiger partial charge in [-0.1, -0.05) is 0 Å². The SMILES string of the molecule is CC[NH+](CCCl)CCOC(=O)c1cc(OC)c(OC)c(OC)c1.[Cl-]. The second-order valence-corrected chi connectivity index (χ2v) is 5.22. The molecule has 0 saturated heterocycles. The van der Waals surface area contributed by atoms with Gasteiger partial charge in [-0.25, -0.2) is 4.79 Å². The van der Waals surface area contributed by atoms with E-state index in [9.17, 15) is 4.79 Å². The number of quaternary nitrogens is 1. The van der Waals surface area contributed by atoms with E-state index in [0.717, 1.165) is 19.6 Å². The van der Waals surface area contributed by atoms with Gasteiger partial charge in [0.25, 0.3) is 0 Å². The molecule has 1 aromatic rings. The second-order valence-electron chi connectivity index (χ2n) is 4.84. The average molecular weight is 382 g/mol. The Bertz CT molecular complexity index is 488. The maximum absolute atomic E-state index is 12.2. The summed E-state index contributed by atoms with van der Waals surface area (Å²) in [4.78, 5) is 13.5. The minimum absolute atomic E-state index is 0. The number of nitrogens with one attached hydrogen (secondary N) is 1. The zero-order chi connectivity index (χ0) is 17.2. The number of esters is 1. The molecule has 0 aromatic heterocycles. The third-order valence-corrected chi connectivity index (χ3v) is 3.73. The summed E-state index contributed by atoms with van der Waals surface area (Å²) >= 11 is 5.74. The first-order valence-electron chi connectivity index (χ1n) is 7.47. The third kappa shape index (κ3) is 6.26. The van der Waals surface area contributed by atoms with Crippen molar-refractivity contribution in [3.05, 3.63) is 17.7 Å². The van der Waals surface area contributed by atoms with E-state index in [4.69, 9.17) is 30.5 Å². The van der Waals surface area contributed by atoms with Crippen molar-refractivity contribution in [2.75, 3.05) is 53.5 Å². The first-order valence-corrected chi connectivity index (χ1v) is 8.01. The Morgan fingerprint density at radius 2 is 1.67 bits per heavy atom. The van der Waals surface area contributed by atoms with Gasteiger partial charge in [-0.2, -0.15) is 0 Å². The summed E-state index contributed by atoms with van der Waals surface area (Å²) in [6.45, 7) is 4.91. The number of carbonyl (C=O) groups excluding carboxylic acids is 1. The van der Waals surface area contributed by atoms with E-state index in [1.165, 1.54) is 26.2 Å². The summed E-state index contributed by atoms with van der Waals surface area (Å²) in [5.74, 6) is 1.44. The Balaban J connectivity index is 0.00000529. The van der Waals surface area contributed by atoms with Crippen molar-refractivity contribution in [2.45, 2.75) is 6.92 Å². The van der Waals surface area contributed by atoms with Gasteiger partial charge in [0.1, 0.15) is 13.2 Å². The smallest absolute Gasteiger partial charge is 0.338 e. The lowest BCUT2D eigenvalue weighted by molar-refractivity contribution is -0.896. The highest BCUT2D eigenvalue weighted by Gasteiger charge is 2.18. The number of benzene rings is 1. The molecule has 1 unspecified atom stereocenters. The molecule has 1 aromatic carbocycles. The van der Waals surface area contributed by atoms with E-state index in [2.05, 4.69) is 6.92 Å². The molecule has 0 aliphatic carbocycles. The number of alkyl halides is 1. The van der Waals surface area contributed by atoms with E-state index in [1.54, 1.807) is 12.1 Å². The van der Waals surface area contributed by atoms with Crippen LogP contribution in [0.2, 0.25) is 0 Å². The van der Waals surface area contributed by atoms with E-state index in [-0.39, 0.29) is 12.4 Å². The molecule has 0 saturated carbocycles. The Morgan fingerprint density at radius 3 is 2.08 bits per heavy atom. The number of methoxy groups -OCH3 is 3. The molecule has 6 nitrogen and oxygen atoms in total. The molecule has 24 heavy (non-hydrogen) atoms. The topological polar surface area (TPSA) is 58.4 Å². The molecule has 1 atom stereocenters.